The number of benzene rings is 1. The number of primary amides is 2. The van der Waals surface area contributed by atoms with Crippen molar-refractivity contribution in [3.05, 3.63) is 47.3 Å². The lowest BCUT2D eigenvalue weighted by molar-refractivity contribution is 0.0959. The van der Waals surface area contributed by atoms with E-state index in [1.165, 1.54) is 4.68 Å². The second-order valence-electron chi connectivity index (χ2n) is 3.66. The third-order valence-corrected chi connectivity index (χ3v) is 2.38. The molecule has 0 atom stereocenters. The molecule has 2 amide bonds. The minimum Gasteiger partial charge on any atom is -0.364 e. The van der Waals surface area contributed by atoms with E-state index < -0.39 is 11.8 Å². The zero-order valence-corrected chi connectivity index (χ0v) is 9.41. The molecule has 7 heteroatoms. The van der Waals surface area contributed by atoms with Crippen LogP contribution in [-0.2, 0) is 6.54 Å². The first kappa shape index (κ1) is 11.8. The van der Waals surface area contributed by atoms with Crippen LogP contribution in [0.1, 0.15) is 26.5 Å². The summed E-state index contributed by atoms with van der Waals surface area (Å²) in [5.41, 5.74) is 10.9. The smallest absolute Gasteiger partial charge is 0.271 e. The molecule has 18 heavy (non-hydrogen) atoms. The Bertz CT molecular complexity index is 591. The molecule has 4 N–H and O–H groups in total. The Morgan fingerprint density at radius 2 is 1.78 bits per heavy atom. The fourth-order valence-corrected chi connectivity index (χ4v) is 1.59. The molecule has 1 aromatic carbocycles. The predicted molar refractivity (Wildman–Crippen MR) is 62.6 cm³/mol. The van der Waals surface area contributed by atoms with Gasteiger partial charge in [0, 0.05) is 0 Å². The van der Waals surface area contributed by atoms with E-state index in [4.69, 9.17) is 11.5 Å². The highest BCUT2D eigenvalue weighted by Gasteiger charge is 2.21. The molecule has 0 fully saturated rings. The molecule has 1 heterocycles. The standard InChI is InChI=1S/C11H11N5O2/c12-10(17)8-9(11(13)18)16(15-14-8)6-7-4-2-1-3-5-7/h1-5H,6H2,(H2,12,17)(H2,13,18). The minimum atomic E-state index is -0.830. The van der Waals surface area contributed by atoms with Gasteiger partial charge in [0.2, 0.25) is 0 Å². The number of aromatic nitrogens is 3. The van der Waals surface area contributed by atoms with Crippen LogP contribution in [0, 0.1) is 0 Å². The molecule has 0 saturated carbocycles. The largest absolute Gasteiger partial charge is 0.364 e. The van der Waals surface area contributed by atoms with Gasteiger partial charge in [-0.25, -0.2) is 4.68 Å². The van der Waals surface area contributed by atoms with Gasteiger partial charge < -0.3 is 11.5 Å². The maximum absolute atomic E-state index is 11.3. The molecule has 2 rings (SSSR count). The van der Waals surface area contributed by atoms with E-state index in [9.17, 15) is 9.59 Å². The van der Waals surface area contributed by atoms with E-state index in [-0.39, 0.29) is 11.4 Å². The van der Waals surface area contributed by atoms with Gasteiger partial charge >= 0.3 is 0 Å². The molecular formula is C11H11N5O2. The maximum Gasteiger partial charge on any atom is 0.271 e. The molecule has 7 nitrogen and oxygen atoms in total. The summed E-state index contributed by atoms with van der Waals surface area (Å²) in [5.74, 6) is -1.62. The van der Waals surface area contributed by atoms with Crippen molar-refractivity contribution < 1.29 is 9.59 Å². The first-order valence-corrected chi connectivity index (χ1v) is 5.16. The van der Waals surface area contributed by atoms with Crippen molar-refractivity contribution >= 4 is 11.8 Å². The molecule has 1 aromatic heterocycles. The van der Waals surface area contributed by atoms with E-state index >= 15 is 0 Å². The van der Waals surface area contributed by atoms with Crippen molar-refractivity contribution in [2.75, 3.05) is 0 Å². The molecule has 0 bridgehead atoms. The lowest BCUT2D eigenvalue weighted by atomic mass is 10.2. The molecule has 0 aliphatic carbocycles. The van der Waals surface area contributed by atoms with E-state index in [2.05, 4.69) is 10.3 Å². The van der Waals surface area contributed by atoms with Gasteiger partial charge in [0.15, 0.2) is 11.4 Å². The summed E-state index contributed by atoms with van der Waals surface area (Å²) < 4.78 is 1.26. The molecule has 0 aliphatic rings. The van der Waals surface area contributed by atoms with Gasteiger partial charge in [0.05, 0.1) is 6.54 Å². The van der Waals surface area contributed by atoms with Gasteiger partial charge in [-0.2, -0.15) is 0 Å². The summed E-state index contributed by atoms with van der Waals surface area (Å²) in [7, 11) is 0. The lowest BCUT2D eigenvalue weighted by Gasteiger charge is -2.04. The van der Waals surface area contributed by atoms with Crippen LogP contribution in [0.25, 0.3) is 0 Å². The summed E-state index contributed by atoms with van der Waals surface area (Å²) in [6.07, 6.45) is 0. The normalized spacial score (nSPS) is 10.2. The van der Waals surface area contributed by atoms with Gasteiger partial charge in [0.25, 0.3) is 11.8 Å². The molecule has 0 saturated heterocycles. The summed E-state index contributed by atoms with van der Waals surface area (Å²) in [6, 6.07) is 9.29. The first-order chi connectivity index (χ1) is 8.59. The van der Waals surface area contributed by atoms with Crippen molar-refractivity contribution in [1.82, 2.24) is 15.0 Å². The Hall–Kier alpha value is -2.70. The zero-order chi connectivity index (χ0) is 13.1. The van der Waals surface area contributed by atoms with Crippen molar-refractivity contribution in [2.45, 2.75) is 6.54 Å². The van der Waals surface area contributed by atoms with Crippen LogP contribution >= 0.6 is 0 Å². The fraction of sp³-hybridized carbons (Fsp3) is 0.0909. The molecule has 2 aromatic rings. The minimum absolute atomic E-state index is 0.0775. The molecule has 0 spiro atoms. The van der Waals surface area contributed by atoms with E-state index in [0.717, 1.165) is 5.56 Å². The average Bonchev–Trinajstić information content (AvgIpc) is 2.74. The molecule has 0 unspecified atom stereocenters. The Morgan fingerprint density at radius 1 is 1.11 bits per heavy atom. The molecule has 92 valence electrons. The fourth-order valence-electron chi connectivity index (χ4n) is 1.59. The number of carbonyl (C=O) groups excluding carboxylic acids is 2. The van der Waals surface area contributed by atoms with Crippen LogP contribution in [0.15, 0.2) is 30.3 Å². The second-order valence-corrected chi connectivity index (χ2v) is 3.66. The summed E-state index contributed by atoms with van der Waals surface area (Å²) in [5, 5.41) is 7.29. The van der Waals surface area contributed by atoms with E-state index in [0.29, 0.717) is 6.54 Å². The van der Waals surface area contributed by atoms with Gasteiger partial charge in [-0.15, -0.1) is 5.10 Å². The SMILES string of the molecule is NC(=O)c1nnn(Cc2ccccc2)c1C(N)=O. The number of hydrogen-bond donors (Lipinski definition) is 2. The zero-order valence-electron chi connectivity index (χ0n) is 9.41. The van der Waals surface area contributed by atoms with Crippen LogP contribution in [0.2, 0.25) is 0 Å². The summed E-state index contributed by atoms with van der Waals surface area (Å²) in [6.45, 7) is 0.291. The van der Waals surface area contributed by atoms with Crippen LogP contribution in [0.5, 0.6) is 0 Å². The van der Waals surface area contributed by atoms with Crippen LogP contribution in [-0.4, -0.2) is 26.8 Å². The Labute approximate surface area is 102 Å². The molecular weight excluding hydrogens is 234 g/mol. The Kier molecular flexibility index (Phi) is 3.05. The first-order valence-electron chi connectivity index (χ1n) is 5.16. The highest BCUT2D eigenvalue weighted by atomic mass is 16.2. The van der Waals surface area contributed by atoms with E-state index in [1.807, 2.05) is 30.3 Å². The van der Waals surface area contributed by atoms with Gasteiger partial charge in [-0.1, -0.05) is 35.5 Å². The number of rotatable bonds is 4. The third kappa shape index (κ3) is 2.19. The lowest BCUT2D eigenvalue weighted by Crippen LogP contribution is -2.23. The molecule has 0 aliphatic heterocycles. The van der Waals surface area contributed by atoms with Crippen LogP contribution in [0.3, 0.4) is 0 Å². The predicted octanol–water partition coefficient (Wildman–Crippen LogP) is -0.476. The van der Waals surface area contributed by atoms with Crippen LogP contribution in [0.4, 0.5) is 0 Å². The van der Waals surface area contributed by atoms with Crippen molar-refractivity contribution in [3.63, 3.8) is 0 Å². The average molecular weight is 245 g/mol. The summed E-state index contributed by atoms with van der Waals surface area (Å²) in [4.78, 5) is 22.4. The number of carbonyl (C=O) groups is 2. The second kappa shape index (κ2) is 4.66. The quantitative estimate of drug-likeness (QED) is 0.756. The number of nitrogens with zero attached hydrogens (tertiary/aromatic N) is 3. The van der Waals surface area contributed by atoms with Gasteiger partial charge in [-0.05, 0) is 5.56 Å². The van der Waals surface area contributed by atoms with Gasteiger partial charge in [-0.3, -0.25) is 9.59 Å². The van der Waals surface area contributed by atoms with Crippen molar-refractivity contribution in [2.24, 2.45) is 11.5 Å². The van der Waals surface area contributed by atoms with Gasteiger partial charge in [0.1, 0.15) is 0 Å². The monoisotopic (exact) mass is 245 g/mol. The Balaban J connectivity index is 2.40. The number of nitrogens with two attached hydrogens (primary N) is 2. The van der Waals surface area contributed by atoms with Crippen LogP contribution < -0.4 is 11.5 Å². The number of amides is 2. The maximum atomic E-state index is 11.3. The van der Waals surface area contributed by atoms with Crippen molar-refractivity contribution in [1.29, 1.82) is 0 Å². The highest BCUT2D eigenvalue weighted by molar-refractivity contribution is 6.03. The molecule has 0 radical (unpaired) electrons. The van der Waals surface area contributed by atoms with E-state index in [1.54, 1.807) is 0 Å². The highest BCUT2D eigenvalue weighted by Crippen LogP contribution is 2.08. The topological polar surface area (TPSA) is 117 Å². The summed E-state index contributed by atoms with van der Waals surface area (Å²) >= 11 is 0. The Morgan fingerprint density at radius 3 is 2.33 bits per heavy atom. The third-order valence-electron chi connectivity index (χ3n) is 2.38. The van der Waals surface area contributed by atoms with Crippen molar-refractivity contribution in [3.8, 4) is 0 Å². The number of hydrogen-bond acceptors (Lipinski definition) is 4.